The van der Waals surface area contributed by atoms with E-state index in [1.54, 1.807) is 4.90 Å². The van der Waals surface area contributed by atoms with Gasteiger partial charge in [-0.05, 0) is 157 Å². The van der Waals surface area contributed by atoms with Gasteiger partial charge in [-0.3, -0.25) is 9.59 Å². The van der Waals surface area contributed by atoms with Crippen molar-refractivity contribution in [3.05, 3.63) is 92.1 Å². The number of amides is 4. The Bertz CT molecular complexity index is 2830. The van der Waals surface area contributed by atoms with Crippen LogP contribution in [0.2, 0.25) is 0 Å². The van der Waals surface area contributed by atoms with E-state index in [0.29, 0.717) is 92.5 Å². The lowest BCUT2D eigenvalue weighted by atomic mass is 9.84. The SMILES string of the molecule is CC(C)=CCC/C(C)=C/CC[C@@]1(C)Oc2c(c(OC(=O)N3CCC(O)CC3)cc3c2CN(CCC[C@@H](C(=O)O)N2Cc4c(cc(OC(=O)N5CCC(O)CC5)c5c4O[C@](C)(CC/C=C(\C)CCC=C(C)C)[C@@H](O)C5)C2=O)C3=O)C[C@@H]1O. The van der Waals surface area contributed by atoms with E-state index >= 15 is 0 Å². The largest absolute Gasteiger partial charge is 0.484 e. The summed E-state index contributed by atoms with van der Waals surface area (Å²) in [6.45, 7) is 17.3. The fraction of sp³-hybridized carbons (Fsp3) is 0.603. The van der Waals surface area contributed by atoms with Crippen molar-refractivity contribution in [2.75, 3.05) is 32.7 Å². The van der Waals surface area contributed by atoms with E-state index in [2.05, 4.69) is 65.8 Å². The zero-order valence-electron chi connectivity index (χ0n) is 48.8. The number of carbonyl (C=O) groups excluding carboxylic acids is 4. The normalized spacial score (nSPS) is 23.5. The van der Waals surface area contributed by atoms with E-state index < -0.39 is 65.7 Å². The summed E-state index contributed by atoms with van der Waals surface area (Å²) in [6, 6.07) is 1.64. The Hall–Kier alpha value is -6.21. The molecule has 442 valence electrons. The number of benzene rings is 2. The predicted octanol–water partition coefficient (Wildman–Crippen LogP) is 9.50. The molecule has 0 spiro atoms. The van der Waals surface area contributed by atoms with Gasteiger partial charge in [0.2, 0.25) is 0 Å². The molecule has 18 nitrogen and oxygen atoms in total. The maximum absolute atomic E-state index is 14.6. The van der Waals surface area contributed by atoms with Crippen LogP contribution in [0.3, 0.4) is 0 Å². The zero-order chi connectivity index (χ0) is 58.5. The van der Waals surface area contributed by atoms with Crippen LogP contribution in [0.5, 0.6) is 23.0 Å². The molecule has 2 aromatic rings. The summed E-state index contributed by atoms with van der Waals surface area (Å²) < 4.78 is 25.6. The van der Waals surface area contributed by atoms with E-state index in [1.807, 2.05) is 13.8 Å². The summed E-state index contributed by atoms with van der Waals surface area (Å²) in [4.78, 5) is 75.6. The number of likely N-dealkylation sites (tertiary alicyclic amines) is 2. The van der Waals surface area contributed by atoms with Crippen LogP contribution in [0, 0.1) is 0 Å². The molecule has 0 unspecified atom stereocenters. The van der Waals surface area contributed by atoms with Crippen molar-refractivity contribution < 1.29 is 68.5 Å². The Morgan fingerprint density at radius 3 is 1.49 bits per heavy atom. The Morgan fingerprint density at radius 1 is 0.630 bits per heavy atom. The molecule has 8 rings (SSSR count). The van der Waals surface area contributed by atoms with Gasteiger partial charge in [0.25, 0.3) is 11.8 Å². The lowest BCUT2D eigenvalue weighted by molar-refractivity contribution is -0.142. The van der Waals surface area contributed by atoms with Crippen molar-refractivity contribution in [1.82, 2.24) is 19.6 Å². The molecule has 0 aromatic heterocycles. The van der Waals surface area contributed by atoms with Crippen LogP contribution in [0.25, 0.3) is 0 Å². The van der Waals surface area contributed by atoms with Gasteiger partial charge in [0.15, 0.2) is 0 Å². The summed E-state index contributed by atoms with van der Waals surface area (Å²) in [5.41, 5.74) is 5.03. The first-order valence-electron chi connectivity index (χ1n) is 29.3. The lowest BCUT2D eigenvalue weighted by Crippen LogP contribution is -2.49. The number of nitrogens with zero attached hydrogens (tertiary/aromatic N) is 4. The monoisotopic (exact) mass is 1120 g/mol. The molecule has 81 heavy (non-hydrogen) atoms. The maximum Gasteiger partial charge on any atom is 0.415 e. The average Bonchev–Trinajstić information content (AvgIpc) is 3.78. The van der Waals surface area contributed by atoms with Gasteiger partial charge in [0.1, 0.15) is 40.2 Å². The topological polar surface area (TPSA) is 236 Å². The average molecular weight is 1120 g/mol. The highest BCUT2D eigenvalue weighted by Crippen LogP contribution is 2.49. The van der Waals surface area contributed by atoms with Gasteiger partial charge in [-0.15, -0.1) is 0 Å². The molecule has 5 N–H and O–H groups in total. The number of ether oxygens (including phenoxy) is 4. The molecular formula is C63H86N4O14. The highest BCUT2D eigenvalue weighted by atomic mass is 16.6. The van der Waals surface area contributed by atoms with Gasteiger partial charge in [-0.2, -0.15) is 0 Å². The van der Waals surface area contributed by atoms with Crippen LogP contribution in [-0.2, 0) is 30.7 Å². The van der Waals surface area contributed by atoms with Gasteiger partial charge in [0, 0.05) is 67.8 Å². The smallest absolute Gasteiger partial charge is 0.415 e. The van der Waals surface area contributed by atoms with Gasteiger partial charge in [0.05, 0.1) is 48.6 Å². The van der Waals surface area contributed by atoms with Crippen molar-refractivity contribution in [2.24, 2.45) is 0 Å². The number of aliphatic hydroxyl groups is 4. The summed E-state index contributed by atoms with van der Waals surface area (Å²) in [7, 11) is 0. The second kappa shape index (κ2) is 25.9. The van der Waals surface area contributed by atoms with Crippen molar-refractivity contribution in [3.8, 4) is 23.0 Å². The number of hydrogen-bond acceptors (Lipinski definition) is 13. The number of carbonyl (C=O) groups is 5. The molecule has 2 fully saturated rings. The number of rotatable bonds is 20. The second-order valence-corrected chi connectivity index (χ2v) is 24.3. The minimum Gasteiger partial charge on any atom is -0.484 e. The molecule has 0 aliphatic carbocycles. The number of allylic oxidation sites excluding steroid dienone is 8. The number of carboxylic acids is 1. The number of carboxylic acid groups (broad SMARTS) is 1. The van der Waals surface area contributed by atoms with Crippen LogP contribution < -0.4 is 18.9 Å². The van der Waals surface area contributed by atoms with E-state index in [4.69, 9.17) is 18.9 Å². The van der Waals surface area contributed by atoms with Crippen LogP contribution in [-0.4, -0.2) is 149 Å². The summed E-state index contributed by atoms with van der Waals surface area (Å²) in [5.74, 6) is -1.43. The Kier molecular flexibility index (Phi) is 19.5. The van der Waals surface area contributed by atoms with Crippen LogP contribution >= 0.6 is 0 Å². The second-order valence-electron chi connectivity index (χ2n) is 24.3. The van der Waals surface area contributed by atoms with E-state index in [1.165, 1.54) is 49.1 Å². The number of aliphatic hydroxyl groups excluding tert-OH is 4. The number of fused-ring (bicyclic) bond motifs is 6. The molecule has 0 bridgehead atoms. The van der Waals surface area contributed by atoms with Gasteiger partial charge in [-0.25, -0.2) is 14.4 Å². The first-order chi connectivity index (χ1) is 38.4. The molecule has 5 atom stereocenters. The standard InChI is InChI=1S/C63H86N4O14/c1-38(2)14-9-16-40(5)18-11-25-62(7)53(70)34-46-51(78-60(76)64-28-21-42(68)22-29-64)32-44-48(55(46)80-62)36-66(57(44)72)27-13-20-50(59(74)75)67-37-49-45(58(67)73)33-52(79-61(77)65-30-23-43(69)24-31-65)47-35-54(71)63(8,81-56(47)49)26-12-19-41(6)17-10-15-39(3)4/h14-15,18-19,32-33,42-43,50,53-54,68-71H,9-13,16-17,20-31,34-37H2,1-8H3,(H,74,75)/b40-18+,41-19+/t50-,53-,54-,62+,63+/m0/s1. The van der Waals surface area contributed by atoms with E-state index in [9.17, 15) is 49.5 Å². The summed E-state index contributed by atoms with van der Waals surface area (Å²) in [5, 5.41) is 54.6. The van der Waals surface area contributed by atoms with Crippen LogP contribution in [0.15, 0.2) is 58.7 Å². The minimum atomic E-state index is -1.34. The molecule has 0 radical (unpaired) electrons. The predicted molar refractivity (Wildman–Crippen MR) is 305 cm³/mol. The van der Waals surface area contributed by atoms with Crippen molar-refractivity contribution in [3.63, 3.8) is 0 Å². The zero-order valence-corrected chi connectivity index (χ0v) is 48.8. The van der Waals surface area contributed by atoms with Crippen LogP contribution in [0.1, 0.15) is 188 Å². The van der Waals surface area contributed by atoms with Gasteiger partial charge < -0.3 is 64.1 Å². The first kappa shape index (κ1) is 60.9. The number of hydrogen-bond donors (Lipinski definition) is 5. The minimum absolute atomic E-state index is 0.0353. The van der Waals surface area contributed by atoms with Crippen molar-refractivity contribution in [2.45, 2.75) is 213 Å². The van der Waals surface area contributed by atoms with E-state index in [-0.39, 0.29) is 92.7 Å². The van der Waals surface area contributed by atoms with Crippen molar-refractivity contribution in [1.29, 1.82) is 0 Å². The Balaban J connectivity index is 1.01. The third kappa shape index (κ3) is 14.2. The highest BCUT2D eigenvalue weighted by molar-refractivity contribution is 6.02. The van der Waals surface area contributed by atoms with Crippen LogP contribution in [0.4, 0.5) is 9.59 Å². The molecule has 0 saturated carbocycles. The quantitative estimate of drug-likeness (QED) is 0.0777. The Morgan fingerprint density at radius 2 is 1.06 bits per heavy atom. The molecule has 2 aromatic carbocycles. The lowest BCUT2D eigenvalue weighted by Gasteiger charge is -2.41. The number of aliphatic carboxylic acids is 1. The number of piperidine rings is 2. The van der Waals surface area contributed by atoms with Gasteiger partial charge in [-0.1, -0.05) is 46.6 Å². The van der Waals surface area contributed by atoms with Gasteiger partial charge >= 0.3 is 18.2 Å². The summed E-state index contributed by atoms with van der Waals surface area (Å²) >= 11 is 0. The molecule has 6 heterocycles. The highest BCUT2D eigenvalue weighted by Gasteiger charge is 2.48. The summed E-state index contributed by atoms with van der Waals surface area (Å²) in [6.07, 6.45) is 12.0. The fourth-order valence-corrected chi connectivity index (χ4v) is 12.0. The molecular weight excluding hydrogens is 1040 g/mol. The third-order valence-electron chi connectivity index (χ3n) is 17.3. The first-order valence-corrected chi connectivity index (χ1v) is 29.3. The van der Waals surface area contributed by atoms with Crippen molar-refractivity contribution >= 4 is 30.0 Å². The third-order valence-corrected chi connectivity index (χ3v) is 17.3. The molecule has 4 amide bonds. The maximum atomic E-state index is 14.6. The Labute approximate surface area is 477 Å². The molecule has 2 saturated heterocycles. The molecule has 18 heteroatoms. The molecule has 6 aliphatic heterocycles. The molecule has 6 aliphatic rings. The van der Waals surface area contributed by atoms with E-state index in [0.717, 1.165) is 25.7 Å². The fourth-order valence-electron chi connectivity index (χ4n) is 12.0.